The van der Waals surface area contributed by atoms with Gasteiger partial charge >= 0.3 is 0 Å². The molecule has 0 heteroatoms. The Hall–Kier alpha value is -0.260. The maximum absolute atomic E-state index is 2.77. The first-order valence-corrected chi connectivity index (χ1v) is 13.5. The first-order chi connectivity index (χ1) is 13.8. The highest BCUT2D eigenvalue weighted by Crippen LogP contribution is 2.68. The Morgan fingerprint density at radius 3 is 2.52 bits per heavy atom. The van der Waals surface area contributed by atoms with Crippen LogP contribution in [0.25, 0.3) is 0 Å². The molecule has 4 aliphatic rings. The summed E-state index contributed by atoms with van der Waals surface area (Å²) in [6.45, 7) is 15.1. The van der Waals surface area contributed by atoms with Crippen LogP contribution in [0, 0.1) is 52.3 Å². The van der Waals surface area contributed by atoms with Crippen molar-refractivity contribution >= 4 is 0 Å². The maximum atomic E-state index is 2.77. The van der Waals surface area contributed by atoms with E-state index < -0.39 is 0 Å². The van der Waals surface area contributed by atoms with Gasteiger partial charge in [-0.25, -0.2) is 0 Å². The van der Waals surface area contributed by atoms with Gasteiger partial charge in [-0.05, 0) is 110 Å². The number of fused-ring (bicyclic) bond motifs is 5. The number of hydrogen-bond donors (Lipinski definition) is 0. The lowest BCUT2D eigenvalue weighted by Gasteiger charge is -2.59. The summed E-state index contributed by atoms with van der Waals surface area (Å²) in [4.78, 5) is 0. The minimum Gasteiger partial charge on any atom is -0.0845 e. The van der Waals surface area contributed by atoms with Crippen LogP contribution in [0.1, 0.15) is 119 Å². The molecule has 0 radical (unpaired) electrons. The molecule has 0 heterocycles. The van der Waals surface area contributed by atoms with Gasteiger partial charge in [0, 0.05) is 0 Å². The van der Waals surface area contributed by atoms with E-state index in [1.807, 2.05) is 5.57 Å². The van der Waals surface area contributed by atoms with Crippen molar-refractivity contribution in [3.8, 4) is 0 Å². The van der Waals surface area contributed by atoms with Gasteiger partial charge in [-0.1, -0.05) is 72.5 Å². The Kier molecular flexibility index (Phi) is 6.32. The van der Waals surface area contributed by atoms with E-state index in [2.05, 4.69) is 47.6 Å². The van der Waals surface area contributed by atoms with E-state index in [0.717, 1.165) is 41.4 Å². The number of rotatable bonds is 6. The second kappa shape index (κ2) is 8.35. The monoisotopic (exact) mass is 398 g/mol. The summed E-state index contributed by atoms with van der Waals surface area (Å²) in [5.74, 6) is 6.76. The third-order valence-electron chi connectivity index (χ3n) is 10.9. The molecular formula is C29H50. The molecule has 0 aromatic rings. The fraction of sp³-hybridized carbons (Fsp3) is 0.931. The molecule has 0 aliphatic heterocycles. The molecule has 0 spiro atoms. The van der Waals surface area contributed by atoms with Crippen molar-refractivity contribution in [3.05, 3.63) is 11.6 Å². The average Bonchev–Trinajstić information content (AvgIpc) is 3.08. The van der Waals surface area contributed by atoms with Crippen molar-refractivity contribution in [3.63, 3.8) is 0 Å². The van der Waals surface area contributed by atoms with E-state index >= 15 is 0 Å². The lowest BCUT2D eigenvalue weighted by Crippen LogP contribution is -2.51. The highest BCUT2D eigenvalue weighted by atomic mass is 14.6. The third kappa shape index (κ3) is 3.67. The fourth-order valence-corrected chi connectivity index (χ4v) is 9.30. The Bertz CT molecular complexity index is 599. The van der Waals surface area contributed by atoms with Gasteiger partial charge in [-0.2, -0.15) is 0 Å². The molecule has 0 nitrogen and oxygen atoms in total. The molecule has 0 aromatic heterocycles. The molecule has 0 aromatic carbocycles. The summed E-state index contributed by atoms with van der Waals surface area (Å²) in [5.41, 5.74) is 3.11. The molecule has 0 N–H and O–H groups in total. The van der Waals surface area contributed by atoms with Crippen molar-refractivity contribution < 1.29 is 0 Å². The second-order valence-electron chi connectivity index (χ2n) is 12.7. The predicted octanol–water partition coefficient (Wildman–Crippen LogP) is 9.05. The zero-order chi connectivity index (χ0) is 20.8. The molecule has 8 atom stereocenters. The Morgan fingerprint density at radius 2 is 1.79 bits per heavy atom. The molecule has 4 rings (SSSR count). The Morgan fingerprint density at radius 1 is 1.00 bits per heavy atom. The van der Waals surface area contributed by atoms with E-state index in [1.54, 1.807) is 12.8 Å². The fourth-order valence-electron chi connectivity index (χ4n) is 9.30. The summed E-state index contributed by atoms with van der Waals surface area (Å²) < 4.78 is 0. The van der Waals surface area contributed by atoms with Crippen LogP contribution < -0.4 is 0 Å². The van der Waals surface area contributed by atoms with Crippen LogP contribution in [-0.4, -0.2) is 0 Å². The molecule has 4 aliphatic carbocycles. The van der Waals surface area contributed by atoms with Gasteiger partial charge < -0.3 is 0 Å². The molecular weight excluding hydrogens is 348 g/mol. The average molecular weight is 399 g/mol. The molecule has 166 valence electrons. The standard InChI is InChI=1S/C29H50/c1-7-29-18-16-26-24(12-11-23-19-21(4)15-17-28(23,26)6)27(29)14-13-25(29)22(5)10-8-9-20(2)3/h11,20-22,24-27H,7-10,12-19H2,1-6H3/t21-,22+,24?,25+,26?,27?,28-,29?/m0/s1. The topological polar surface area (TPSA) is 0 Å². The lowest BCUT2D eigenvalue weighted by atomic mass is 9.46. The van der Waals surface area contributed by atoms with Gasteiger partial charge in [0.1, 0.15) is 0 Å². The van der Waals surface area contributed by atoms with Gasteiger partial charge in [0.2, 0.25) is 0 Å². The van der Waals surface area contributed by atoms with E-state index in [-0.39, 0.29) is 0 Å². The van der Waals surface area contributed by atoms with Crippen molar-refractivity contribution in [1.29, 1.82) is 0 Å². The quantitative estimate of drug-likeness (QED) is 0.391. The molecule has 0 bridgehead atoms. The lowest BCUT2D eigenvalue weighted by molar-refractivity contribution is -0.0642. The number of allylic oxidation sites excluding steroid dienone is 2. The largest absolute Gasteiger partial charge is 0.0845 e. The first-order valence-electron chi connectivity index (χ1n) is 13.5. The zero-order valence-corrected chi connectivity index (χ0v) is 20.6. The minimum atomic E-state index is 0.552. The van der Waals surface area contributed by atoms with Crippen molar-refractivity contribution in [2.45, 2.75) is 119 Å². The molecule has 3 saturated carbocycles. The molecule has 0 saturated heterocycles. The maximum Gasteiger partial charge on any atom is -0.00851 e. The molecule has 29 heavy (non-hydrogen) atoms. The van der Waals surface area contributed by atoms with E-state index in [0.29, 0.717) is 10.8 Å². The van der Waals surface area contributed by atoms with Crippen LogP contribution in [0.15, 0.2) is 11.6 Å². The molecule has 4 unspecified atom stereocenters. The minimum absolute atomic E-state index is 0.552. The second-order valence-corrected chi connectivity index (χ2v) is 12.7. The summed E-state index contributed by atoms with van der Waals surface area (Å²) in [6.07, 6.45) is 20.5. The normalized spacial score (nSPS) is 45.3. The van der Waals surface area contributed by atoms with Crippen LogP contribution in [0.5, 0.6) is 0 Å². The number of hydrogen-bond acceptors (Lipinski definition) is 0. The van der Waals surface area contributed by atoms with Crippen molar-refractivity contribution in [1.82, 2.24) is 0 Å². The highest BCUT2D eigenvalue weighted by molar-refractivity contribution is 5.25. The predicted molar refractivity (Wildman–Crippen MR) is 127 cm³/mol. The molecule has 0 amide bonds. The van der Waals surface area contributed by atoms with Crippen LogP contribution >= 0.6 is 0 Å². The summed E-state index contributed by atoms with van der Waals surface area (Å²) >= 11 is 0. The van der Waals surface area contributed by atoms with Crippen LogP contribution in [0.2, 0.25) is 0 Å². The Balaban J connectivity index is 1.53. The van der Waals surface area contributed by atoms with E-state index in [9.17, 15) is 0 Å². The van der Waals surface area contributed by atoms with Gasteiger partial charge in [0.05, 0.1) is 0 Å². The highest BCUT2D eigenvalue weighted by Gasteiger charge is 2.60. The Labute approximate surface area is 182 Å². The summed E-state index contributed by atoms with van der Waals surface area (Å²) in [7, 11) is 0. The SMILES string of the molecule is CCC12CCC3C(CC=C4C[C@@H](C)CC[C@@]43C)C1CC[C@@H]2[C@H](C)CCCC(C)C. The van der Waals surface area contributed by atoms with Gasteiger partial charge in [0.15, 0.2) is 0 Å². The first kappa shape index (κ1) is 22.0. The van der Waals surface area contributed by atoms with Gasteiger partial charge in [-0.15, -0.1) is 0 Å². The van der Waals surface area contributed by atoms with Crippen LogP contribution in [-0.2, 0) is 0 Å². The van der Waals surface area contributed by atoms with E-state index in [4.69, 9.17) is 0 Å². The van der Waals surface area contributed by atoms with Gasteiger partial charge in [0.25, 0.3) is 0 Å². The molecule has 3 fully saturated rings. The van der Waals surface area contributed by atoms with Crippen molar-refractivity contribution in [2.24, 2.45) is 52.3 Å². The van der Waals surface area contributed by atoms with Crippen LogP contribution in [0.3, 0.4) is 0 Å². The van der Waals surface area contributed by atoms with Crippen LogP contribution in [0.4, 0.5) is 0 Å². The zero-order valence-electron chi connectivity index (χ0n) is 20.6. The van der Waals surface area contributed by atoms with Crippen molar-refractivity contribution in [2.75, 3.05) is 0 Å². The van der Waals surface area contributed by atoms with Gasteiger partial charge in [-0.3, -0.25) is 0 Å². The summed E-state index contributed by atoms with van der Waals surface area (Å²) in [6, 6.07) is 0. The third-order valence-corrected chi connectivity index (χ3v) is 10.9. The smallest absolute Gasteiger partial charge is 0.00851 e. The summed E-state index contributed by atoms with van der Waals surface area (Å²) in [5, 5.41) is 0. The van der Waals surface area contributed by atoms with E-state index in [1.165, 1.54) is 64.2 Å².